The summed E-state index contributed by atoms with van der Waals surface area (Å²) in [5, 5.41) is 4.62. The van der Waals surface area contributed by atoms with Gasteiger partial charge in [0, 0.05) is 33.3 Å². The average molecular weight is 499 g/mol. The summed E-state index contributed by atoms with van der Waals surface area (Å²) < 4.78 is 0. The Bertz CT molecular complexity index is 1240. The molecule has 7 heteroatoms. The Kier molecular flexibility index (Phi) is 6.80. The summed E-state index contributed by atoms with van der Waals surface area (Å²) in [6.07, 6.45) is 2.00. The molecule has 0 aromatic heterocycles. The summed E-state index contributed by atoms with van der Waals surface area (Å²) in [6, 6.07) is 21.3. The number of fused-ring (bicyclic) bond motifs is 1. The number of hydrogen-bond donors (Lipinski definition) is 1. The number of Topliss-reactive ketones (excluding diaryl/α,β-unsaturated/α-hetero) is 1. The molecule has 3 aromatic rings. The van der Waals surface area contributed by atoms with Crippen LogP contribution in [0, 0.1) is 0 Å². The van der Waals surface area contributed by atoms with E-state index in [1.807, 2.05) is 36.4 Å². The number of hydrogen-bond acceptors (Lipinski definition) is 3. The number of nitrogens with zero attached hydrogens (tertiary/aromatic N) is 1. The van der Waals surface area contributed by atoms with Crippen molar-refractivity contribution in [2.75, 3.05) is 10.2 Å². The quantitative estimate of drug-likeness (QED) is 0.584. The maximum Gasteiger partial charge on any atom is 0.259 e. The van der Waals surface area contributed by atoms with Crippen LogP contribution in [0.5, 0.6) is 0 Å². The van der Waals surface area contributed by atoms with Crippen molar-refractivity contribution in [2.24, 2.45) is 0 Å². The minimum absolute atomic E-state index is 0. The zero-order chi connectivity index (χ0) is 22.2. The molecule has 1 atom stereocenters. The molecule has 4 nitrogen and oxygen atoms in total. The second-order valence-corrected chi connectivity index (χ2v) is 8.82. The van der Waals surface area contributed by atoms with Crippen LogP contribution in [0.15, 0.2) is 84.1 Å². The van der Waals surface area contributed by atoms with Crippen LogP contribution in [0.1, 0.15) is 41.2 Å². The van der Waals surface area contributed by atoms with Crippen molar-refractivity contribution in [3.63, 3.8) is 0 Å². The zero-order valence-electron chi connectivity index (χ0n) is 17.5. The molecule has 2 aliphatic rings. The second kappa shape index (κ2) is 9.60. The number of halogens is 3. The highest BCUT2D eigenvalue weighted by Crippen LogP contribution is 2.45. The van der Waals surface area contributed by atoms with Gasteiger partial charge in [-0.1, -0.05) is 47.5 Å². The van der Waals surface area contributed by atoms with Gasteiger partial charge in [0.15, 0.2) is 5.78 Å². The Hall–Kier alpha value is -2.79. The smallest absolute Gasteiger partial charge is 0.259 e. The lowest BCUT2D eigenvalue weighted by atomic mass is 9.85. The monoisotopic (exact) mass is 497 g/mol. The predicted octanol–water partition coefficient (Wildman–Crippen LogP) is 3.82. The summed E-state index contributed by atoms with van der Waals surface area (Å²) in [6.45, 7) is 0. The van der Waals surface area contributed by atoms with E-state index in [1.54, 1.807) is 41.3 Å². The largest absolute Gasteiger partial charge is 1.00 e. The molecule has 0 saturated carbocycles. The van der Waals surface area contributed by atoms with Gasteiger partial charge in [0.25, 0.3) is 5.91 Å². The highest BCUT2D eigenvalue weighted by atomic mass is 35.5. The number of carbonyl (C=O) groups is 2. The molecule has 0 bridgehead atoms. The Morgan fingerprint density at radius 2 is 1.52 bits per heavy atom. The number of amides is 1. The van der Waals surface area contributed by atoms with Crippen LogP contribution >= 0.6 is 23.2 Å². The average Bonchev–Trinajstić information content (AvgIpc) is 2.95. The maximum atomic E-state index is 14.0. The number of benzene rings is 3. The molecular formula is C26H20Cl3N2O2-. The predicted molar refractivity (Wildman–Crippen MR) is 128 cm³/mol. The lowest BCUT2D eigenvalue weighted by Crippen LogP contribution is -3.00. The molecule has 33 heavy (non-hydrogen) atoms. The van der Waals surface area contributed by atoms with Gasteiger partial charge in [-0.3, -0.25) is 14.5 Å². The SMILES string of the molecule is O=C1CCCC2=C1C(c1ccc(Cl)cc1)N(C(=O)c1ccc(Cl)cc1)c1ccccc1N2.[Cl-]. The van der Waals surface area contributed by atoms with Crippen molar-refractivity contribution in [1.29, 1.82) is 0 Å². The van der Waals surface area contributed by atoms with E-state index in [9.17, 15) is 9.59 Å². The summed E-state index contributed by atoms with van der Waals surface area (Å²) in [4.78, 5) is 28.9. The minimum atomic E-state index is -0.575. The molecule has 0 fully saturated rings. The van der Waals surface area contributed by atoms with Gasteiger partial charge < -0.3 is 17.7 Å². The van der Waals surface area contributed by atoms with Gasteiger partial charge in [0.05, 0.1) is 17.4 Å². The molecule has 1 amide bonds. The van der Waals surface area contributed by atoms with Crippen molar-refractivity contribution in [2.45, 2.75) is 25.3 Å². The normalized spacial score (nSPS) is 17.3. The molecule has 1 N–H and O–H groups in total. The molecule has 1 heterocycles. The molecule has 0 saturated heterocycles. The third-order valence-corrected chi connectivity index (χ3v) is 6.44. The van der Waals surface area contributed by atoms with Crippen LogP contribution in [0.4, 0.5) is 11.4 Å². The van der Waals surface area contributed by atoms with Crippen LogP contribution in [0.2, 0.25) is 10.0 Å². The molecular weight excluding hydrogens is 479 g/mol. The van der Waals surface area contributed by atoms with E-state index in [1.165, 1.54) is 0 Å². The van der Waals surface area contributed by atoms with Gasteiger partial charge in [-0.2, -0.15) is 0 Å². The molecule has 168 valence electrons. The third-order valence-electron chi connectivity index (χ3n) is 5.93. The van der Waals surface area contributed by atoms with Crippen LogP contribution in [-0.4, -0.2) is 11.7 Å². The fourth-order valence-electron chi connectivity index (χ4n) is 4.45. The Morgan fingerprint density at radius 3 is 2.21 bits per heavy atom. The van der Waals surface area contributed by atoms with Gasteiger partial charge in [0.1, 0.15) is 0 Å². The van der Waals surface area contributed by atoms with Gasteiger partial charge in [-0.25, -0.2) is 0 Å². The van der Waals surface area contributed by atoms with E-state index in [4.69, 9.17) is 23.2 Å². The van der Waals surface area contributed by atoms with Crippen LogP contribution in [0.25, 0.3) is 0 Å². The van der Waals surface area contributed by atoms with E-state index in [0.29, 0.717) is 27.6 Å². The van der Waals surface area contributed by atoms with Gasteiger partial charge in [-0.15, -0.1) is 0 Å². The molecule has 0 radical (unpaired) electrons. The minimum Gasteiger partial charge on any atom is -1.00 e. The Balaban J connectivity index is 0.00000259. The fourth-order valence-corrected chi connectivity index (χ4v) is 4.70. The van der Waals surface area contributed by atoms with Crippen LogP contribution < -0.4 is 22.6 Å². The van der Waals surface area contributed by atoms with Gasteiger partial charge in [0.2, 0.25) is 0 Å². The molecule has 1 aliphatic carbocycles. The van der Waals surface area contributed by atoms with E-state index in [2.05, 4.69) is 5.32 Å². The molecule has 3 aromatic carbocycles. The van der Waals surface area contributed by atoms with Crippen LogP contribution in [0.3, 0.4) is 0 Å². The number of carbonyl (C=O) groups excluding carboxylic acids is 2. The molecule has 0 spiro atoms. The van der Waals surface area contributed by atoms with E-state index >= 15 is 0 Å². The molecule has 1 unspecified atom stereocenters. The van der Waals surface area contributed by atoms with Crippen molar-refractivity contribution in [3.8, 4) is 0 Å². The standard InChI is InChI=1S/C26H20Cl2N2O2.ClH/c27-18-12-8-16(9-13-18)25-24-21(5-3-7-23(24)31)29-20-4-1-2-6-22(20)30(25)26(32)17-10-14-19(28)15-11-17;/h1-2,4,6,8-15,25,29H,3,5,7H2;1H/p-1. The lowest BCUT2D eigenvalue weighted by Gasteiger charge is -2.34. The van der Waals surface area contributed by atoms with Gasteiger partial charge in [-0.05, 0) is 66.9 Å². The molecule has 1 aliphatic heterocycles. The Labute approximate surface area is 208 Å². The second-order valence-electron chi connectivity index (χ2n) is 7.95. The number of allylic oxidation sites excluding steroid dienone is 1. The third kappa shape index (κ3) is 4.39. The topological polar surface area (TPSA) is 49.4 Å². The summed E-state index contributed by atoms with van der Waals surface area (Å²) in [7, 11) is 0. The first kappa shape index (κ1) is 23.4. The summed E-state index contributed by atoms with van der Waals surface area (Å²) in [5.74, 6) is -0.150. The summed E-state index contributed by atoms with van der Waals surface area (Å²) in [5.41, 5.74) is 4.36. The first-order valence-electron chi connectivity index (χ1n) is 10.5. The first-order chi connectivity index (χ1) is 15.5. The van der Waals surface area contributed by atoms with Crippen molar-refractivity contribution >= 4 is 46.3 Å². The number of para-hydroxylation sites is 2. The fraction of sp³-hybridized carbons (Fsp3) is 0.154. The maximum absolute atomic E-state index is 14.0. The number of anilines is 2. The lowest BCUT2D eigenvalue weighted by molar-refractivity contribution is -0.116. The highest BCUT2D eigenvalue weighted by molar-refractivity contribution is 6.31. The van der Waals surface area contributed by atoms with Crippen molar-refractivity contribution in [1.82, 2.24) is 0 Å². The number of nitrogens with one attached hydrogen (secondary N) is 1. The van der Waals surface area contributed by atoms with Crippen LogP contribution in [-0.2, 0) is 4.79 Å². The number of ketones is 1. The molecule has 5 rings (SSSR count). The summed E-state index contributed by atoms with van der Waals surface area (Å²) >= 11 is 12.2. The van der Waals surface area contributed by atoms with Gasteiger partial charge >= 0.3 is 0 Å². The van der Waals surface area contributed by atoms with E-state index in [0.717, 1.165) is 35.5 Å². The highest BCUT2D eigenvalue weighted by Gasteiger charge is 2.39. The van der Waals surface area contributed by atoms with Crippen molar-refractivity contribution < 1.29 is 22.0 Å². The van der Waals surface area contributed by atoms with Crippen molar-refractivity contribution in [3.05, 3.63) is 105 Å². The number of rotatable bonds is 2. The first-order valence-corrected chi connectivity index (χ1v) is 11.3. The zero-order valence-corrected chi connectivity index (χ0v) is 19.8. The Morgan fingerprint density at radius 1 is 0.879 bits per heavy atom. The van der Waals surface area contributed by atoms with E-state index in [-0.39, 0.29) is 24.1 Å². The van der Waals surface area contributed by atoms with E-state index < -0.39 is 6.04 Å².